The maximum absolute atomic E-state index is 9.02. The van der Waals surface area contributed by atoms with Crippen LogP contribution in [0.4, 0.5) is 0 Å². The Morgan fingerprint density at radius 1 is 1.30 bits per heavy atom. The number of amidine groups is 1. The van der Waals surface area contributed by atoms with Gasteiger partial charge in [0.15, 0.2) is 5.84 Å². The summed E-state index contributed by atoms with van der Waals surface area (Å²) in [5, 5.41) is 20.5. The molecule has 3 N–H and O–H groups in total. The summed E-state index contributed by atoms with van der Waals surface area (Å²) in [6.07, 6.45) is 6.04. The van der Waals surface area contributed by atoms with Crippen LogP contribution in [0.25, 0.3) is 0 Å². The van der Waals surface area contributed by atoms with E-state index in [1.165, 1.54) is 12.8 Å². The molecule has 0 bridgehead atoms. The zero-order valence-electron chi connectivity index (χ0n) is 12.1. The third kappa shape index (κ3) is 2.84. The van der Waals surface area contributed by atoms with Crippen molar-refractivity contribution in [1.29, 1.82) is 0 Å². The first-order valence-electron chi connectivity index (χ1n) is 7.24. The minimum atomic E-state index is 0.0412. The number of oxime groups is 1. The summed E-state index contributed by atoms with van der Waals surface area (Å²) in [6.45, 7) is 4.03. The Kier molecular flexibility index (Phi) is 4.76. The van der Waals surface area contributed by atoms with Crippen molar-refractivity contribution in [2.45, 2.75) is 58.5 Å². The van der Waals surface area contributed by atoms with Crippen molar-refractivity contribution in [2.75, 3.05) is 0 Å². The molecule has 0 unspecified atom stereocenters. The third-order valence-corrected chi connectivity index (χ3v) is 3.76. The van der Waals surface area contributed by atoms with Crippen LogP contribution < -0.4 is 10.5 Å². The van der Waals surface area contributed by atoms with Gasteiger partial charge < -0.3 is 15.7 Å². The van der Waals surface area contributed by atoms with E-state index in [9.17, 15) is 0 Å². The molecule has 1 aromatic heterocycles. The fourth-order valence-electron chi connectivity index (χ4n) is 2.72. The molecule has 1 heterocycles. The van der Waals surface area contributed by atoms with E-state index >= 15 is 0 Å². The molecule has 0 aliphatic heterocycles. The van der Waals surface area contributed by atoms with Gasteiger partial charge in [0, 0.05) is 0 Å². The average Bonchev–Trinajstić information content (AvgIpc) is 2.98. The summed E-state index contributed by atoms with van der Waals surface area (Å²) in [4.78, 5) is 0. The molecule has 6 heteroatoms. The third-order valence-electron chi connectivity index (χ3n) is 3.76. The predicted octanol–water partition coefficient (Wildman–Crippen LogP) is 2.02. The van der Waals surface area contributed by atoms with Gasteiger partial charge in [-0.05, 0) is 44.1 Å². The molecule has 1 saturated carbocycles. The van der Waals surface area contributed by atoms with Crippen LogP contribution in [-0.4, -0.2) is 27.3 Å². The van der Waals surface area contributed by atoms with Crippen molar-refractivity contribution >= 4 is 5.84 Å². The summed E-state index contributed by atoms with van der Waals surface area (Å²) >= 11 is 0. The van der Waals surface area contributed by atoms with E-state index in [0.717, 1.165) is 36.9 Å². The van der Waals surface area contributed by atoms with E-state index in [4.69, 9.17) is 15.7 Å². The highest BCUT2D eigenvalue weighted by Crippen LogP contribution is 2.27. The molecule has 20 heavy (non-hydrogen) atoms. The Morgan fingerprint density at radius 3 is 2.55 bits per heavy atom. The van der Waals surface area contributed by atoms with Crippen LogP contribution in [0, 0.1) is 0 Å². The van der Waals surface area contributed by atoms with Gasteiger partial charge in [-0.1, -0.05) is 19.0 Å². The molecule has 110 valence electrons. The fourth-order valence-corrected chi connectivity index (χ4v) is 2.72. The Hall–Kier alpha value is -1.85. The van der Waals surface area contributed by atoms with Gasteiger partial charge in [0.05, 0.1) is 11.3 Å². The largest absolute Gasteiger partial charge is 0.473 e. The summed E-state index contributed by atoms with van der Waals surface area (Å²) in [5.41, 5.74) is 8.23. The van der Waals surface area contributed by atoms with Crippen molar-refractivity contribution < 1.29 is 9.94 Å². The molecule has 0 amide bonds. The summed E-state index contributed by atoms with van der Waals surface area (Å²) in [7, 11) is 0. The second kappa shape index (κ2) is 6.54. The van der Waals surface area contributed by atoms with E-state index in [1.54, 1.807) is 0 Å². The zero-order chi connectivity index (χ0) is 14.5. The molecule has 1 fully saturated rings. The van der Waals surface area contributed by atoms with Gasteiger partial charge in [-0.15, -0.1) is 5.10 Å². The molecule has 1 aliphatic rings. The van der Waals surface area contributed by atoms with Gasteiger partial charge in [0.25, 0.3) is 0 Å². The number of hydrogen-bond acceptors (Lipinski definition) is 5. The predicted molar refractivity (Wildman–Crippen MR) is 76.2 cm³/mol. The molecule has 1 aromatic rings. The fraction of sp³-hybridized carbons (Fsp3) is 0.643. The highest BCUT2D eigenvalue weighted by atomic mass is 16.5. The minimum absolute atomic E-state index is 0.0412. The lowest BCUT2D eigenvalue weighted by atomic mass is 10.0. The number of nitrogens with zero attached hydrogens (tertiary/aromatic N) is 3. The van der Waals surface area contributed by atoms with Crippen LogP contribution in [0.1, 0.15) is 56.4 Å². The monoisotopic (exact) mass is 278 g/mol. The summed E-state index contributed by atoms with van der Waals surface area (Å²) in [5.74, 6) is 0.431. The lowest BCUT2D eigenvalue weighted by Gasteiger charge is -2.17. The Morgan fingerprint density at radius 2 is 2.00 bits per heavy atom. The number of hydrogen-bond donors (Lipinski definition) is 2. The topological polar surface area (TPSA) is 93.6 Å². The number of aryl methyl sites for hydroxylation is 1. The van der Waals surface area contributed by atoms with Crippen molar-refractivity contribution in [3.8, 4) is 5.88 Å². The standard InChI is InChI=1S/C14H22N4O2/c1-3-10-11(4-2)16-17-14(12(10)13(15)18-19)20-9-7-5-6-8-9/h9,19H,3-8H2,1-2H3,(H2,15,18). The first-order chi connectivity index (χ1) is 9.71. The molecule has 1 aliphatic carbocycles. The summed E-state index contributed by atoms with van der Waals surface area (Å²) < 4.78 is 5.93. The molecule has 0 spiro atoms. The van der Waals surface area contributed by atoms with Gasteiger partial charge in [-0.3, -0.25) is 0 Å². The molecule has 0 radical (unpaired) electrons. The van der Waals surface area contributed by atoms with Crippen molar-refractivity contribution in [1.82, 2.24) is 10.2 Å². The zero-order valence-corrected chi connectivity index (χ0v) is 12.1. The average molecular weight is 278 g/mol. The van der Waals surface area contributed by atoms with Crippen LogP contribution in [0.3, 0.4) is 0 Å². The molecule has 0 aromatic carbocycles. The smallest absolute Gasteiger partial charge is 0.245 e. The van der Waals surface area contributed by atoms with E-state index in [0.29, 0.717) is 11.4 Å². The van der Waals surface area contributed by atoms with Gasteiger partial charge >= 0.3 is 0 Å². The first kappa shape index (κ1) is 14.6. The Labute approximate surface area is 119 Å². The number of nitrogens with two attached hydrogens (primary N) is 1. The number of aromatic nitrogens is 2. The number of rotatable bonds is 5. The van der Waals surface area contributed by atoms with E-state index in [2.05, 4.69) is 15.4 Å². The molecular weight excluding hydrogens is 256 g/mol. The maximum atomic E-state index is 9.02. The molecule has 2 rings (SSSR count). The second-order valence-corrected chi connectivity index (χ2v) is 5.02. The van der Waals surface area contributed by atoms with E-state index in [1.807, 2.05) is 13.8 Å². The van der Waals surface area contributed by atoms with Crippen LogP contribution >= 0.6 is 0 Å². The van der Waals surface area contributed by atoms with Gasteiger partial charge in [0.2, 0.25) is 5.88 Å². The maximum Gasteiger partial charge on any atom is 0.245 e. The Balaban J connectivity index is 2.43. The van der Waals surface area contributed by atoms with Crippen molar-refractivity contribution in [3.05, 3.63) is 16.8 Å². The lowest BCUT2D eigenvalue weighted by molar-refractivity contribution is 0.198. The molecule has 0 atom stereocenters. The second-order valence-electron chi connectivity index (χ2n) is 5.02. The molecular formula is C14H22N4O2. The lowest BCUT2D eigenvalue weighted by Crippen LogP contribution is -2.23. The highest BCUT2D eigenvalue weighted by molar-refractivity contribution is 6.00. The van der Waals surface area contributed by atoms with Gasteiger partial charge in [-0.25, -0.2) is 0 Å². The van der Waals surface area contributed by atoms with Gasteiger partial charge in [-0.2, -0.15) is 5.10 Å². The SMILES string of the molecule is CCc1nnc(OC2CCCC2)c(C(N)=NO)c1CC. The van der Waals surface area contributed by atoms with E-state index < -0.39 is 0 Å². The van der Waals surface area contributed by atoms with Crippen LogP contribution in [0.2, 0.25) is 0 Å². The Bertz CT molecular complexity index is 496. The first-order valence-corrected chi connectivity index (χ1v) is 7.24. The minimum Gasteiger partial charge on any atom is -0.473 e. The van der Waals surface area contributed by atoms with Crippen molar-refractivity contribution in [3.63, 3.8) is 0 Å². The van der Waals surface area contributed by atoms with Crippen LogP contribution in [0.5, 0.6) is 5.88 Å². The normalized spacial score (nSPS) is 16.6. The van der Waals surface area contributed by atoms with Crippen LogP contribution in [-0.2, 0) is 12.8 Å². The highest BCUT2D eigenvalue weighted by Gasteiger charge is 2.23. The van der Waals surface area contributed by atoms with E-state index in [-0.39, 0.29) is 11.9 Å². The summed E-state index contributed by atoms with van der Waals surface area (Å²) in [6, 6.07) is 0. The van der Waals surface area contributed by atoms with Gasteiger partial charge in [0.1, 0.15) is 6.10 Å². The van der Waals surface area contributed by atoms with Crippen LogP contribution in [0.15, 0.2) is 5.16 Å². The quantitative estimate of drug-likeness (QED) is 0.372. The molecule has 6 nitrogen and oxygen atoms in total. The number of ether oxygens (including phenoxy) is 1. The molecule has 0 saturated heterocycles. The van der Waals surface area contributed by atoms with Crippen molar-refractivity contribution in [2.24, 2.45) is 10.9 Å².